The van der Waals surface area contributed by atoms with Crippen LogP contribution in [0.25, 0.3) is 5.69 Å². The number of carbonyl (C=O) groups excluding carboxylic acids is 1. The van der Waals surface area contributed by atoms with Crippen molar-refractivity contribution in [3.05, 3.63) is 125 Å². The Morgan fingerprint density at radius 2 is 1.38 bits per heavy atom. The normalized spacial score (nSPS) is 24.8. The smallest absolute Gasteiger partial charge is 0.281 e. The first-order valence-corrected chi connectivity index (χ1v) is 15.4. The van der Waals surface area contributed by atoms with E-state index in [-0.39, 0.29) is 0 Å². The van der Waals surface area contributed by atoms with Gasteiger partial charge in [0.15, 0.2) is 5.60 Å². The van der Waals surface area contributed by atoms with Crippen molar-refractivity contribution >= 4 is 12.1 Å². The van der Waals surface area contributed by atoms with Crippen LogP contribution >= 0.6 is 0 Å². The lowest BCUT2D eigenvalue weighted by Crippen LogP contribution is -2.43. The lowest BCUT2D eigenvalue weighted by atomic mass is 9.51. The summed E-state index contributed by atoms with van der Waals surface area (Å²) in [4.78, 5) is 13.4. The summed E-state index contributed by atoms with van der Waals surface area (Å²) in [5, 5.41) is 16.0. The third-order valence-electron chi connectivity index (χ3n) is 10.3. The molecule has 0 radical (unpaired) electrons. The molecule has 4 aromatic rings. The van der Waals surface area contributed by atoms with E-state index >= 15 is 0 Å². The van der Waals surface area contributed by atoms with Crippen molar-refractivity contribution in [2.75, 3.05) is 0 Å². The quantitative estimate of drug-likeness (QED) is 0.189. The third kappa shape index (κ3) is 4.60. The van der Waals surface area contributed by atoms with E-state index in [4.69, 9.17) is 0 Å². The molecule has 5 nitrogen and oxygen atoms in total. The van der Waals surface area contributed by atoms with Crippen LogP contribution in [0.2, 0.25) is 0 Å². The van der Waals surface area contributed by atoms with Gasteiger partial charge in [-0.3, -0.25) is 4.79 Å². The number of carbonyl (C=O) groups is 1. The van der Waals surface area contributed by atoms with E-state index in [9.17, 15) is 9.90 Å². The zero-order chi connectivity index (χ0) is 28.8. The molecular weight excluding hydrogens is 518 g/mol. The summed E-state index contributed by atoms with van der Waals surface area (Å²) >= 11 is 0. The topological polar surface area (TPSA) is 66.6 Å². The van der Waals surface area contributed by atoms with Crippen LogP contribution in [0.3, 0.4) is 0 Å². The van der Waals surface area contributed by atoms with Crippen molar-refractivity contribution in [2.24, 2.45) is 28.8 Å². The number of hydrogen-bond acceptors (Lipinski definition) is 3. The van der Waals surface area contributed by atoms with Gasteiger partial charge in [-0.1, -0.05) is 72.8 Å². The van der Waals surface area contributed by atoms with Crippen molar-refractivity contribution in [2.45, 2.75) is 57.5 Å². The molecule has 1 aromatic heterocycles. The van der Waals surface area contributed by atoms with Gasteiger partial charge in [0.25, 0.3) is 5.91 Å². The highest BCUT2D eigenvalue weighted by Crippen LogP contribution is 2.59. The molecule has 1 amide bonds. The Morgan fingerprint density at radius 3 is 1.93 bits per heavy atom. The van der Waals surface area contributed by atoms with Gasteiger partial charge >= 0.3 is 0 Å². The van der Waals surface area contributed by atoms with Gasteiger partial charge in [-0.15, -0.1) is 0 Å². The minimum Gasteiger partial charge on any atom is -0.372 e. The van der Waals surface area contributed by atoms with Gasteiger partial charge in [0.2, 0.25) is 0 Å². The molecule has 214 valence electrons. The molecule has 8 rings (SSSR count). The van der Waals surface area contributed by atoms with Gasteiger partial charge < -0.3 is 9.67 Å². The second kappa shape index (κ2) is 10.7. The molecule has 0 atom stereocenters. The SMILES string of the molecule is Cc1cc(/C=N/NC(=O)C(O)(c2ccccc2)c2ccccc2)c(C)n1-c1ccc(C2C3CC4CC(C3)CC2C4)cc1. The molecule has 0 spiro atoms. The van der Waals surface area contributed by atoms with Crippen molar-refractivity contribution in [3.8, 4) is 5.69 Å². The molecular formula is C37H39N3O2. The Kier molecular flexibility index (Phi) is 6.86. The van der Waals surface area contributed by atoms with Gasteiger partial charge in [-0.05, 0) is 110 Å². The van der Waals surface area contributed by atoms with Crippen LogP contribution < -0.4 is 5.43 Å². The average molecular weight is 558 g/mol. The van der Waals surface area contributed by atoms with Gasteiger partial charge in [0.05, 0.1) is 6.21 Å². The Morgan fingerprint density at radius 1 is 0.833 bits per heavy atom. The van der Waals surface area contributed by atoms with Crippen LogP contribution in [0.4, 0.5) is 0 Å². The molecule has 42 heavy (non-hydrogen) atoms. The monoisotopic (exact) mass is 557 g/mol. The number of aryl methyl sites for hydroxylation is 1. The Bertz CT molecular complexity index is 1540. The number of aliphatic hydroxyl groups is 1. The predicted molar refractivity (Wildman–Crippen MR) is 167 cm³/mol. The van der Waals surface area contributed by atoms with Crippen LogP contribution in [0.1, 0.15) is 71.7 Å². The molecule has 5 heteroatoms. The van der Waals surface area contributed by atoms with E-state index in [1.54, 1.807) is 30.5 Å². The fourth-order valence-electron chi connectivity index (χ4n) is 8.66. The molecule has 3 aromatic carbocycles. The van der Waals surface area contributed by atoms with Gasteiger partial charge in [-0.2, -0.15) is 5.10 Å². The van der Waals surface area contributed by atoms with Crippen LogP contribution in [0.5, 0.6) is 0 Å². The number of hydrazone groups is 1. The van der Waals surface area contributed by atoms with Crippen molar-refractivity contribution in [1.82, 2.24) is 9.99 Å². The second-order valence-electron chi connectivity index (χ2n) is 12.9. The van der Waals surface area contributed by atoms with Crippen molar-refractivity contribution in [3.63, 3.8) is 0 Å². The van der Waals surface area contributed by atoms with E-state index in [1.165, 1.54) is 37.7 Å². The first-order chi connectivity index (χ1) is 20.4. The maximum atomic E-state index is 13.4. The number of benzene rings is 3. The molecule has 4 aliphatic rings. The van der Waals surface area contributed by atoms with Crippen LogP contribution in [0, 0.1) is 37.5 Å². The van der Waals surface area contributed by atoms with Gasteiger partial charge in [-0.25, -0.2) is 5.43 Å². The fraction of sp³-hybridized carbons (Fsp3) is 0.351. The van der Waals surface area contributed by atoms with E-state index in [0.29, 0.717) is 11.1 Å². The summed E-state index contributed by atoms with van der Waals surface area (Å²) in [6.07, 6.45) is 8.88. The van der Waals surface area contributed by atoms with Gasteiger partial charge in [0.1, 0.15) is 0 Å². The van der Waals surface area contributed by atoms with Crippen LogP contribution in [0.15, 0.2) is 96.1 Å². The van der Waals surface area contributed by atoms with Crippen molar-refractivity contribution < 1.29 is 9.90 Å². The highest BCUT2D eigenvalue weighted by Gasteiger charge is 2.48. The highest BCUT2D eigenvalue weighted by atomic mass is 16.3. The van der Waals surface area contributed by atoms with Crippen LogP contribution in [-0.4, -0.2) is 21.8 Å². The Balaban J connectivity index is 1.09. The number of amides is 1. The van der Waals surface area contributed by atoms with E-state index in [2.05, 4.69) is 59.3 Å². The van der Waals surface area contributed by atoms with E-state index in [1.807, 2.05) is 36.4 Å². The average Bonchev–Trinajstić information content (AvgIpc) is 3.29. The molecule has 4 saturated carbocycles. The molecule has 0 aliphatic heterocycles. The highest BCUT2D eigenvalue weighted by molar-refractivity contribution is 5.91. The van der Waals surface area contributed by atoms with Crippen molar-refractivity contribution in [1.29, 1.82) is 0 Å². The summed E-state index contributed by atoms with van der Waals surface area (Å²) < 4.78 is 2.24. The molecule has 0 unspecified atom stereocenters. The van der Waals surface area contributed by atoms with E-state index in [0.717, 1.165) is 52.2 Å². The third-order valence-corrected chi connectivity index (χ3v) is 10.3. The maximum absolute atomic E-state index is 13.4. The molecule has 4 bridgehead atoms. The zero-order valence-electron chi connectivity index (χ0n) is 24.4. The van der Waals surface area contributed by atoms with E-state index < -0.39 is 11.5 Å². The second-order valence-corrected chi connectivity index (χ2v) is 12.9. The summed E-state index contributed by atoms with van der Waals surface area (Å²) in [6, 6.07) is 29.3. The molecule has 2 N–H and O–H groups in total. The zero-order valence-corrected chi connectivity index (χ0v) is 24.4. The largest absolute Gasteiger partial charge is 0.372 e. The first kappa shape index (κ1) is 26.9. The summed E-state index contributed by atoms with van der Waals surface area (Å²) in [7, 11) is 0. The molecule has 1 heterocycles. The summed E-state index contributed by atoms with van der Waals surface area (Å²) in [5.74, 6) is 3.86. The Labute approximate surface area is 248 Å². The predicted octanol–water partition coefficient (Wildman–Crippen LogP) is 7.02. The number of nitrogens with zero attached hydrogens (tertiary/aromatic N) is 2. The number of aromatic nitrogens is 1. The lowest BCUT2D eigenvalue weighted by Gasteiger charge is -2.54. The number of hydrogen-bond donors (Lipinski definition) is 2. The molecule has 0 saturated heterocycles. The number of nitrogens with one attached hydrogen (secondary N) is 1. The summed E-state index contributed by atoms with van der Waals surface area (Å²) in [6.45, 7) is 4.17. The van der Waals surface area contributed by atoms with Crippen LogP contribution in [-0.2, 0) is 10.4 Å². The maximum Gasteiger partial charge on any atom is 0.281 e. The molecule has 4 fully saturated rings. The van der Waals surface area contributed by atoms with Gasteiger partial charge in [0, 0.05) is 22.6 Å². The number of rotatable bonds is 7. The first-order valence-electron chi connectivity index (χ1n) is 15.4. The minimum absolute atomic E-state index is 0.485. The summed E-state index contributed by atoms with van der Waals surface area (Å²) in [5.41, 5.74) is 7.44. The minimum atomic E-state index is -1.87. The fourth-order valence-corrected chi connectivity index (χ4v) is 8.66. The Hall–Kier alpha value is -3.96. The lowest BCUT2D eigenvalue weighted by molar-refractivity contribution is -0.136. The molecule has 4 aliphatic carbocycles. The standard InChI is InChI=1S/C37H39N3O2/c1-24-17-31(23-38-39-36(41)37(42,32-9-5-3-6-10-32)33-11-7-4-8-12-33)25(2)40(24)34-15-13-28(14-16-34)35-29-19-26-18-27(21-29)22-30(35)20-26/h3-17,23,26-27,29-30,35,42H,18-22H2,1-2H3,(H,39,41)/b38-23+.